The Morgan fingerprint density at radius 1 is 1.25 bits per heavy atom. The minimum atomic E-state index is -0.248. The Morgan fingerprint density at radius 2 is 2.10 bits per heavy atom. The summed E-state index contributed by atoms with van der Waals surface area (Å²) in [6, 6.07) is 12.0. The van der Waals surface area contributed by atoms with Crippen LogP contribution in [0.4, 0.5) is 15.8 Å². The number of nitrogen functional groups attached to an aromatic ring is 1. The van der Waals surface area contributed by atoms with Crippen LogP contribution < -0.4 is 15.8 Å². The topological polar surface area (TPSA) is 59.6 Å². The van der Waals surface area contributed by atoms with Crippen molar-refractivity contribution in [3.05, 3.63) is 53.8 Å². The van der Waals surface area contributed by atoms with Crippen molar-refractivity contribution in [2.24, 2.45) is 4.99 Å². The van der Waals surface area contributed by atoms with E-state index in [0.29, 0.717) is 29.4 Å². The number of hydrogen-bond acceptors (Lipinski definition) is 3. The molecule has 3 rings (SSSR count). The number of ether oxygens (including phenoxy) is 1. The number of fused-ring (bicyclic) bond motifs is 1. The van der Waals surface area contributed by atoms with E-state index in [1.54, 1.807) is 30.3 Å². The molecule has 1 aliphatic heterocycles. The van der Waals surface area contributed by atoms with E-state index in [9.17, 15) is 4.39 Å². The number of nitrogens with two attached hydrogens (primary N) is 1. The second-order valence-corrected chi connectivity index (χ2v) is 4.52. The van der Waals surface area contributed by atoms with E-state index in [0.717, 1.165) is 5.69 Å². The molecule has 1 aliphatic rings. The third-order valence-corrected chi connectivity index (χ3v) is 3.05. The Bertz CT molecular complexity index is 670. The molecule has 4 nitrogen and oxygen atoms in total. The van der Waals surface area contributed by atoms with Gasteiger partial charge in [0.05, 0.1) is 12.2 Å². The molecule has 0 aromatic heterocycles. The van der Waals surface area contributed by atoms with Gasteiger partial charge in [-0.1, -0.05) is 18.2 Å². The lowest BCUT2D eigenvalue weighted by molar-refractivity contribution is 0.372. The third kappa shape index (κ3) is 2.56. The summed E-state index contributed by atoms with van der Waals surface area (Å²) in [6.07, 6.45) is 0. The van der Waals surface area contributed by atoms with E-state index in [1.165, 1.54) is 6.07 Å². The number of anilines is 2. The van der Waals surface area contributed by atoms with E-state index in [1.807, 2.05) is 6.07 Å². The molecule has 0 spiro atoms. The summed E-state index contributed by atoms with van der Waals surface area (Å²) in [5.74, 6) is 1.13. The maximum Gasteiger partial charge on any atom is 0.146 e. The molecule has 20 heavy (non-hydrogen) atoms. The molecule has 2 aromatic carbocycles. The van der Waals surface area contributed by atoms with Crippen LogP contribution >= 0.6 is 0 Å². The van der Waals surface area contributed by atoms with Gasteiger partial charge in [-0.15, -0.1) is 0 Å². The number of nitrogens with zero attached hydrogens (tertiary/aromatic N) is 1. The Labute approximate surface area is 116 Å². The van der Waals surface area contributed by atoms with Crippen LogP contribution in [0.2, 0.25) is 0 Å². The largest absolute Gasteiger partial charge is 0.483 e. The first-order chi connectivity index (χ1) is 9.72. The van der Waals surface area contributed by atoms with Crippen LogP contribution in [-0.4, -0.2) is 12.4 Å². The van der Waals surface area contributed by atoms with Crippen molar-refractivity contribution in [3.8, 4) is 5.75 Å². The number of benzene rings is 2. The number of aliphatic imine (C=N–C) groups is 1. The Kier molecular flexibility index (Phi) is 3.25. The smallest absolute Gasteiger partial charge is 0.146 e. The molecule has 5 heteroatoms. The van der Waals surface area contributed by atoms with Crippen molar-refractivity contribution in [1.82, 2.24) is 0 Å². The maximum absolute atomic E-state index is 13.5. The van der Waals surface area contributed by atoms with E-state index >= 15 is 0 Å². The molecule has 2 aromatic rings. The van der Waals surface area contributed by atoms with Gasteiger partial charge in [0.15, 0.2) is 0 Å². The van der Waals surface area contributed by atoms with Crippen molar-refractivity contribution in [3.63, 3.8) is 0 Å². The second-order valence-electron chi connectivity index (χ2n) is 4.52. The van der Waals surface area contributed by atoms with Gasteiger partial charge in [0.25, 0.3) is 0 Å². The summed E-state index contributed by atoms with van der Waals surface area (Å²) < 4.78 is 19.1. The van der Waals surface area contributed by atoms with Gasteiger partial charge < -0.3 is 15.8 Å². The molecule has 0 radical (unpaired) electrons. The number of rotatable bonds is 2. The maximum atomic E-state index is 13.5. The van der Waals surface area contributed by atoms with E-state index in [4.69, 9.17) is 10.5 Å². The molecule has 0 bridgehead atoms. The fourth-order valence-electron chi connectivity index (χ4n) is 1.99. The van der Waals surface area contributed by atoms with Gasteiger partial charge in [0, 0.05) is 17.3 Å². The zero-order chi connectivity index (χ0) is 13.9. The molecule has 0 atom stereocenters. The van der Waals surface area contributed by atoms with E-state index in [2.05, 4.69) is 10.3 Å². The molecule has 0 unspecified atom stereocenters. The summed E-state index contributed by atoms with van der Waals surface area (Å²) in [5, 5.41) is 3.16. The van der Waals surface area contributed by atoms with Gasteiger partial charge in [-0.3, -0.25) is 4.99 Å². The number of hydrogen-bond donors (Lipinski definition) is 2. The normalized spacial score (nSPS) is 15.3. The minimum Gasteiger partial charge on any atom is -0.483 e. The first-order valence-electron chi connectivity index (χ1n) is 6.28. The minimum absolute atomic E-state index is 0.248. The summed E-state index contributed by atoms with van der Waals surface area (Å²) in [5.41, 5.74) is 7.72. The second kappa shape index (κ2) is 5.21. The summed E-state index contributed by atoms with van der Waals surface area (Å²) in [4.78, 5) is 4.34. The molecule has 3 N–H and O–H groups in total. The lowest BCUT2D eigenvalue weighted by atomic mass is 10.2. The number of halogens is 1. The zero-order valence-corrected chi connectivity index (χ0v) is 10.8. The van der Waals surface area contributed by atoms with Gasteiger partial charge in [-0.05, 0) is 18.2 Å². The molecule has 0 aliphatic carbocycles. The standard InChI is InChI=1S/C15H14FN3O/c16-12-4-2-1-3-10(12)8-18-15-9-20-14-7-11(17)5-6-13(14)19-15/h1-7H,8-9,17H2,(H,18,19). The first-order valence-corrected chi connectivity index (χ1v) is 6.28. The lowest BCUT2D eigenvalue weighted by Crippen LogP contribution is -2.26. The molecular formula is C15H14FN3O. The van der Waals surface area contributed by atoms with E-state index < -0.39 is 0 Å². The van der Waals surface area contributed by atoms with Crippen LogP contribution in [0.15, 0.2) is 47.5 Å². The molecule has 0 fully saturated rings. The SMILES string of the molecule is Nc1ccc2c(c1)OCC(=NCc1ccccc1F)N2. The zero-order valence-electron chi connectivity index (χ0n) is 10.8. The van der Waals surface area contributed by atoms with Crippen LogP contribution in [0.5, 0.6) is 5.75 Å². The molecule has 1 heterocycles. The highest BCUT2D eigenvalue weighted by molar-refractivity contribution is 5.99. The predicted octanol–water partition coefficient (Wildman–Crippen LogP) is 2.81. The summed E-state index contributed by atoms with van der Waals surface area (Å²) in [6.45, 7) is 0.605. The molecule has 0 saturated heterocycles. The van der Waals surface area contributed by atoms with Crippen LogP contribution in [0.3, 0.4) is 0 Å². The average molecular weight is 271 g/mol. The fourth-order valence-corrected chi connectivity index (χ4v) is 1.99. The highest BCUT2D eigenvalue weighted by atomic mass is 19.1. The highest BCUT2D eigenvalue weighted by Gasteiger charge is 2.14. The molecule has 0 amide bonds. The van der Waals surface area contributed by atoms with Crippen LogP contribution in [0.25, 0.3) is 0 Å². The quantitative estimate of drug-likeness (QED) is 0.826. The van der Waals surface area contributed by atoms with Crippen molar-refractivity contribution >= 4 is 17.2 Å². The molecule has 0 saturated carbocycles. The van der Waals surface area contributed by atoms with Crippen LogP contribution in [-0.2, 0) is 6.54 Å². The van der Waals surface area contributed by atoms with Gasteiger partial charge in [0.2, 0.25) is 0 Å². The van der Waals surface area contributed by atoms with Crippen LogP contribution in [0.1, 0.15) is 5.56 Å². The van der Waals surface area contributed by atoms with Crippen molar-refractivity contribution in [1.29, 1.82) is 0 Å². The Balaban J connectivity index is 1.75. The lowest BCUT2D eigenvalue weighted by Gasteiger charge is -2.21. The van der Waals surface area contributed by atoms with Gasteiger partial charge in [0.1, 0.15) is 24.0 Å². The fraction of sp³-hybridized carbons (Fsp3) is 0.133. The van der Waals surface area contributed by atoms with Crippen molar-refractivity contribution < 1.29 is 9.13 Å². The Morgan fingerprint density at radius 3 is 2.95 bits per heavy atom. The third-order valence-electron chi connectivity index (χ3n) is 3.05. The first kappa shape index (κ1) is 12.5. The van der Waals surface area contributed by atoms with Gasteiger partial charge in [-0.25, -0.2) is 4.39 Å². The molecule has 102 valence electrons. The van der Waals surface area contributed by atoms with Crippen LogP contribution in [0, 0.1) is 5.82 Å². The van der Waals surface area contributed by atoms with E-state index in [-0.39, 0.29) is 12.4 Å². The monoisotopic (exact) mass is 271 g/mol. The Hall–Kier alpha value is -2.56. The molecular weight excluding hydrogens is 257 g/mol. The number of amidine groups is 1. The average Bonchev–Trinajstić information content (AvgIpc) is 2.46. The van der Waals surface area contributed by atoms with Gasteiger partial charge in [-0.2, -0.15) is 0 Å². The number of nitrogens with one attached hydrogen (secondary N) is 1. The van der Waals surface area contributed by atoms with Crippen molar-refractivity contribution in [2.75, 3.05) is 17.7 Å². The predicted molar refractivity (Wildman–Crippen MR) is 77.5 cm³/mol. The summed E-state index contributed by atoms with van der Waals surface area (Å²) in [7, 11) is 0. The summed E-state index contributed by atoms with van der Waals surface area (Å²) >= 11 is 0. The highest BCUT2D eigenvalue weighted by Crippen LogP contribution is 2.29. The van der Waals surface area contributed by atoms with Gasteiger partial charge >= 0.3 is 0 Å². The van der Waals surface area contributed by atoms with Crippen molar-refractivity contribution in [2.45, 2.75) is 6.54 Å².